The Morgan fingerprint density at radius 1 is 1.15 bits per heavy atom. The first-order valence-corrected chi connectivity index (χ1v) is 8.45. The van der Waals surface area contributed by atoms with Gasteiger partial charge in [-0.1, -0.05) is 6.07 Å². The van der Waals surface area contributed by atoms with Crippen LogP contribution >= 0.6 is 0 Å². The van der Waals surface area contributed by atoms with Crippen molar-refractivity contribution in [3.05, 3.63) is 71.7 Å². The molecule has 27 heavy (non-hydrogen) atoms. The minimum Gasteiger partial charge on any atom is -0.345 e. The first-order chi connectivity index (χ1) is 13.1. The zero-order valence-corrected chi connectivity index (χ0v) is 14.9. The van der Waals surface area contributed by atoms with Crippen molar-refractivity contribution in [1.29, 1.82) is 0 Å². The summed E-state index contributed by atoms with van der Waals surface area (Å²) in [7, 11) is 0. The van der Waals surface area contributed by atoms with Crippen molar-refractivity contribution in [2.24, 2.45) is 0 Å². The second-order valence-electron chi connectivity index (χ2n) is 6.12. The number of hydrogen-bond acceptors (Lipinski definition) is 6. The highest BCUT2D eigenvalue weighted by atomic mass is 16.2. The summed E-state index contributed by atoms with van der Waals surface area (Å²) in [6.45, 7) is 4.08. The second kappa shape index (κ2) is 6.91. The Labute approximate surface area is 155 Å². The van der Waals surface area contributed by atoms with Crippen molar-refractivity contribution < 1.29 is 4.79 Å². The van der Waals surface area contributed by atoms with E-state index in [9.17, 15) is 4.79 Å². The Bertz CT molecular complexity index is 1120. The monoisotopic (exact) mass is 359 g/mol. The Kier molecular flexibility index (Phi) is 4.29. The number of hydrogen-bond donors (Lipinski definition) is 1. The molecular formula is C19H17N7O. The van der Waals surface area contributed by atoms with Gasteiger partial charge in [0.15, 0.2) is 0 Å². The molecule has 0 saturated carbocycles. The second-order valence-corrected chi connectivity index (χ2v) is 6.12. The van der Waals surface area contributed by atoms with Gasteiger partial charge in [-0.2, -0.15) is 4.98 Å². The summed E-state index contributed by atoms with van der Waals surface area (Å²) >= 11 is 0. The third-order valence-electron chi connectivity index (χ3n) is 4.09. The van der Waals surface area contributed by atoms with Crippen LogP contribution in [0.4, 0.5) is 0 Å². The van der Waals surface area contributed by atoms with E-state index in [1.165, 1.54) is 0 Å². The fourth-order valence-corrected chi connectivity index (χ4v) is 2.86. The van der Waals surface area contributed by atoms with Crippen LogP contribution in [0.15, 0.2) is 48.9 Å². The standard InChI is InChI=1S/C19H17N7O/c1-12-9-13(2)26-19(23-12)24-17(25-26)18(27)22-11-15-6-4-8-21-16(15)14-5-3-7-20-10-14/h3-10H,11H2,1-2H3,(H,22,27). The van der Waals surface area contributed by atoms with Gasteiger partial charge >= 0.3 is 0 Å². The third kappa shape index (κ3) is 3.37. The molecule has 8 heteroatoms. The summed E-state index contributed by atoms with van der Waals surface area (Å²) in [6, 6.07) is 9.42. The van der Waals surface area contributed by atoms with Crippen molar-refractivity contribution >= 4 is 11.7 Å². The van der Waals surface area contributed by atoms with Crippen molar-refractivity contribution in [2.45, 2.75) is 20.4 Å². The molecule has 0 radical (unpaired) electrons. The molecule has 0 atom stereocenters. The quantitative estimate of drug-likeness (QED) is 0.599. The summed E-state index contributed by atoms with van der Waals surface area (Å²) in [5.41, 5.74) is 4.25. The molecular weight excluding hydrogens is 342 g/mol. The Balaban J connectivity index is 1.56. The van der Waals surface area contributed by atoms with Crippen molar-refractivity contribution in [2.75, 3.05) is 0 Å². The average molecular weight is 359 g/mol. The van der Waals surface area contributed by atoms with E-state index in [4.69, 9.17) is 0 Å². The van der Waals surface area contributed by atoms with Crippen LogP contribution in [0.25, 0.3) is 17.0 Å². The zero-order valence-electron chi connectivity index (χ0n) is 14.9. The number of nitrogens with zero attached hydrogens (tertiary/aromatic N) is 6. The van der Waals surface area contributed by atoms with Gasteiger partial charge in [0.25, 0.3) is 11.7 Å². The van der Waals surface area contributed by atoms with Crippen LogP contribution in [0, 0.1) is 13.8 Å². The molecule has 4 heterocycles. The maximum atomic E-state index is 12.5. The molecule has 4 aromatic rings. The van der Waals surface area contributed by atoms with Gasteiger partial charge in [-0.05, 0) is 43.7 Å². The van der Waals surface area contributed by atoms with Crippen molar-refractivity contribution in [3.63, 3.8) is 0 Å². The number of amides is 1. The van der Waals surface area contributed by atoms with Gasteiger partial charge in [0, 0.05) is 42.1 Å². The molecule has 0 bridgehead atoms. The number of aryl methyl sites for hydroxylation is 2. The van der Waals surface area contributed by atoms with Crippen LogP contribution in [0.3, 0.4) is 0 Å². The highest BCUT2D eigenvalue weighted by Crippen LogP contribution is 2.19. The number of fused-ring (bicyclic) bond motifs is 1. The summed E-state index contributed by atoms with van der Waals surface area (Å²) in [6.07, 6.45) is 5.17. The predicted molar refractivity (Wildman–Crippen MR) is 98.9 cm³/mol. The van der Waals surface area contributed by atoms with E-state index in [1.54, 1.807) is 23.1 Å². The lowest BCUT2D eigenvalue weighted by Gasteiger charge is -2.08. The van der Waals surface area contributed by atoms with Gasteiger partial charge in [-0.15, -0.1) is 5.10 Å². The SMILES string of the molecule is Cc1cc(C)n2nc(C(=O)NCc3cccnc3-c3cccnc3)nc2n1. The minimum atomic E-state index is -0.362. The van der Waals surface area contributed by atoms with Gasteiger partial charge < -0.3 is 5.32 Å². The van der Waals surface area contributed by atoms with Gasteiger partial charge in [0.2, 0.25) is 5.82 Å². The lowest BCUT2D eigenvalue weighted by molar-refractivity contribution is 0.0941. The molecule has 0 fully saturated rings. The molecule has 0 aliphatic heterocycles. The topological polar surface area (TPSA) is 98.0 Å². The highest BCUT2D eigenvalue weighted by molar-refractivity contribution is 5.90. The summed E-state index contributed by atoms with van der Waals surface area (Å²) in [5.74, 6) is 0.136. The maximum Gasteiger partial charge on any atom is 0.291 e. The number of rotatable bonds is 4. The smallest absolute Gasteiger partial charge is 0.291 e. The molecule has 4 rings (SSSR count). The molecule has 8 nitrogen and oxygen atoms in total. The van der Waals surface area contributed by atoms with Crippen molar-refractivity contribution in [1.82, 2.24) is 34.9 Å². The molecule has 0 unspecified atom stereocenters. The van der Waals surface area contributed by atoms with E-state index in [-0.39, 0.29) is 11.7 Å². The largest absolute Gasteiger partial charge is 0.345 e. The van der Waals surface area contributed by atoms with Crippen molar-refractivity contribution in [3.8, 4) is 11.3 Å². The average Bonchev–Trinajstić information content (AvgIpc) is 3.11. The van der Waals surface area contributed by atoms with E-state index >= 15 is 0 Å². The van der Waals surface area contributed by atoms with Crippen LogP contribution in [0.5, 0.6) is 0 Å². The van der Waals surface area contributed by atoms with E-state index in [0.717, 1.165) is 28.2 Å². The Morgan fingerprint density at radius 2 is 2.00 bits per heavy atom. The molecule has 0 saturated heterocycles. The number of aromatic nitrogens is 6. The first kappa shape index (κ1) is 16.8. The summed E-state index contributed by atoms with van der Waals surface area (Å²) < 4.78 is 1.56. The van der Waals surface area contributed by atoms with Crippen LogP contribution in [0.1, 0.15) is 27.6 Å². The van der Waals surface area contributed by atoms with Gasteiger partial charge in [0.05, 0.1) is 5.69 Å². The van der Waals surface area contributed by atoms with Gasteiger partial charge in [-0.25, -0.2) is 9.50 Å². The summed E-state index contributed by atoms with van der Waals surface area (Å²) in [4.78, 5) is 29.6. The highest BCUT2D eigenvalue weighted by Gasteiger charge is 2.15. The first-order valence-electron chi connectivity index (χ1n) is 8.45. The Hall–Kier alpha value is -3.68. The lowest BCUT2D eigenvalue weighted by atomic mass is 10.1. The molecule has 0 spiro atoms. The van der Waals surface area contributed by atoms with E-state index < -0.39 is 0 Å². The zero-order chi connectivity index (χ0) is 18.8. The normalized spacial score (nSPS) is 10.9. The number of carbonyl (C=O) groups is 1. The van der Waals surface area contributed by atoms with Crippen LogP contribution in [0.2, 0.25) is 0 Å². The molecule has 0 aliphatic carbocycles. The van der Waals surface area contributed by atoms with E-state index in [2.05, 4.69) is 30.4 Å². The van der Waals surface area contributed by atoms with Crippen LogP contribution in [-0.4, -0.2) is 35.5 Å². The molecule has 1 N–H and O–H groups in total. The molecule has 1 amide bonds. The molecule has 4 aromatic heterocycles. The fraction of sp³-hybridized carbons (Fsp3) is 0.158. The summed E-state index contributed by atoms with van der Waals surface area (Å²) in [5, 5.41) is 7.11. The maximum absolute atomic E-state index is 12.5. The van der Waals surface area contributed by atoms with Crippen LogP contribution in [-0.2, 0) is 6.54 Å². The van der Waals surface area contributed by atoms with Crippen LogP contribution < -0.4 is 5.32 Å². The molecule has 0 aromatic carbocycles. The lowest BCUT2D eigenvalue weighted by Crippen LogP contribution is -2.24. The van der Waals surface area contributed by atoms with Gasteiger partial charge in [0.1, 0.15) is 0 Å². The fourth-order valence-electron chi connectivity index (χ4n) is 2.86. The Morgan fingerprint density at radius 3 is 2.81 bits per heavy atom. The third-order valence-corrected chi connectivity index (χ3v) is 4.09. The number of pyridine rings is 2. The number of nitrogens with one attached hydrogen (secondary N) is 1. The minimum absolute atomic E-state index is 0.0861. The van der Waals surface area contributed by atoms with E-state index in [0.29, 0.717) is 12.3 Å². The molecule has 134 valence electrons. The van der Waals surface area contributed by atoms with Gasteiger partial charge in [-0.3, -0.25) is 14.8 Å². The van der Waals surface area contributed by atoms with E-state index in [1.807, 2.05) is 44.2 Å². The number of carbonyl (C=O) groups excluding carboxylic acids is 1. The molecule has 0 aliphatic rings. The predicted octanol–water partition coefficient (Wildman–Crippen LogP) is 2.13.